The van der Waals surface area contributed by atoms with Gasteiger partial charge in [0.25, 0.3) is 0 Å². The fourth-order valence-corrected chi connectivity index (χ4v) is 2.88. The number of aliphatic hydroxyl groups is 1. The second-order valence-corrected chi connectivity index (χ2v) is 5.49. The highest BCUT2D eigenvalue weighted by Gasteiger charge is 2.38. The zero-order valence-electron chi connectivity index (χ0n) is 11.1. The summed E-state index contributed by atoms with van der Waals surface area (Å²) in [6.07, 6.45) is 2.16. The Morgan fingerprint density at radius 1 is 1.50 bits per heavy atom. The third-order valence-corrected chi connectivity index (χ3v) is 4.14. The minimum absolute atomic E-state index is 0.0684. The number of hydrogen-bond donors (Lipinski definition) is 1. The van der Waals surface area contributed by atoms with Crippen molar-refractivity contribution < 1.29 is 5.11 Å². The van der Waals surface area contributed by atoms with Gasteiger partial charge in [-0.2, -0.15) is 5.26 Å². The van der Waals surface area contributed by atoms with Gasteiger partial charge in [0.15, 0.2) is 0 Å². The largest absolute Gasteiger partial charge is 0.396 e. The normalized spacial score (nSPS) is 22.6. The van der Waals surface area contributed by atoms with Crippen LogP contribution in [0.5, 0.6) is 0 Å². The van der Waals surface area contributed by atoms with Gasteiger partial charge < -0.3 is 10.0 Å². The Labute approximate surface area is 109 Å². The summed E-state index contributed by atoms with van der Waals surface area (Å²) in [6.45, 7) is 5.55. The summed E-state index contributed by atoms with van der Waals surface area (Å²) < 4.78 is 0. The molecule has 0 spiro atoms. The highest BCUT2D eigenvalue weighted by Crippen LogP contribution is 2.36. The number of hydrogen-bond acceptors (Lipinski definition) is 3. The SMILES string of the molecule is CC1(C)C(CO)CCCN1c1cccc(C#N)c1. The molecule has 1 N–H and O–H groups in total. The molecule has 0 radical (unpaired) electrons. The number of anilines is 1. The average molecular weight is 244 g/mol. The Balaban J connectivity index is 2.34. The number of aliphatic hydroxyl groups excluding tert-OH is 1. The zero-order valence-corrected chi connectivity index (χ0v) is 11.1. The Morgan fingerprint density at radius 2 is 2.28 bits per heavy atom. The molecule has 3 heteroatoms. The standard InChI is InChI=1S/C15H20N2O/c1-15(2)13(11-18)6-4-8-17(15)14-7-3-5-12(9-14)10-16/h3,5,7,9,13,18H,4,6,8,11H2,1-2H3. The van der Waals surface area contributed by atoms with Crippen molar-refractivity contribution in [1.29, 1.82) is 5.26 Å². The van der Waals surface area contributed by atoms with Crippen molar-refractivity contribution in [3.05, 3.63) is 29.8 Å². The van der Waals surface area contributed by atoms with Gasteiger partial charge in [0.2, 0.25) is 0 Å². The molecule has 0 aliphatic carbocycles. The molecular formula is C15H20N2O. The van der Waals surface area contributed by atoms with Crippen molar-refractivity contribution in [2.45, 2.75) is 32.2 Å². The molecule has 3 nitrogen and oxygen atoms in total. The quantitative estimate of drug-likeness (QED) is 0.869. The van der Waals surface area contributed by atoms with Crippen LogP contribution >= 0.6 is 0 Å². The number of nitrogens with zero attached hydrogens (tertiary/aromatic N) is 2. The second-order valence-electron chi connectivity index (χ2n) is 5.49. The topological polar surface area (TPSA) is 47.3 Å². The third-order valence-electron chi connectivity index (χ3n) is 4.14. The molecule has 1 aliphatic rings. The Bertz CT molecular complexity index is 462. The lowest BCUT2D eigenvalue weighted by Gasteiger charge is -2.49. The van der Waals surface area contributed by atoms with Crippen LogP contribution in [0.25, 0.3) is 0 Å². The van der Waals surface area contributed by atoms with Gasteiger partial charge in [0.05, 0.1) is 11.6 Å². The smallest absolute Gasteiger partial charge is 0.0992 e. The van der Waals surface area contributed by atoms with Gasteiger partial charge in [0.1, 0.15) is 0 Å². The molecule has 0 amide bonds. The van der Waals surface area contributed by atoms with Gasteiger partial charge in [-0.15, -0.1) is 0 Å². The predicted octanol–water partition coefficient (Wildman–Crippen LogP) is 2.55. The first-order valence-electron chi connectivity index (χ1n) is 6.48. The summed E-state index contributed by atoms with van der Waals surface area (Å²) in [5, 5.41) is 18.5. The van der Waals surface area contributed by atoms with Gasteiger partial charge >= 0.3 is 0 Å². The third kappa shape index (κ3) is 2.21. The molecule has 18 heavy (non-hydrogen) atoms. The van der Waals surface area contributed by atoms with Gasteiger partial charge in [-0.25, -0.2) is 0 Å². The summed E-state index contributed by atoms with van der Waals surface area (Å²) in [6, 6.07) is 9.91. The molecule has 1 aliphatic heterocycles. The van der Waals surface area contributed by atoms with E-state index in [1.54, 1.807) is 0 Å². The van der Waals surface area contributed by atoms with Crippen molar-refractivity contribution in [2.24, 2.45) is 5.92 Å². The van der Waals surface area contributed by atoms with Crippen LogP contribution in [0.2, 0.25) is 0 Å². The Morgan fingerprint density at radius 3 is 2.94 bits per heavy atom. The zero-order chi connectivity index (χ0) is 13.2. The first-order chi connectivity index (χ1) is 8.59. The van der Waals surface area contributed by atoms with E-state index in [1.165, 1.54) is 0 Å². The van der Waals surface area contributed by atoms with Crippen LogP contribution in [0.4, 0.5) is 5.69 Å². The van der Waals surface area contributed by atoms with Gasteiger partial charge in [-0.05, 0) is 44.9 Å². The average Bonchev–Trinajstić information content (AvgIpc) is 2.38. The molecule has 1 atom stereocenters. The molecule has 96 valence electrons. The van der Waals surface area contributed by atoms with E-state index < -0.39 is 0 Å². The highest BCUT2D eigenvalue weighted by atomic mass is 16.3. The summed E-state index contributed by atoms with van der Waals surface area (Å²) in [7, 11) is 0. The molecule has 1 unspecified atom stereocenters. The van der Waals surface area contributed by atoms with Crippen molar-refractivity contribution in [3.8, 4) is 6.07 Å². The van der Waals surface area contributed by atoms with Crippen molar-refractivity contribution >= 4 is 5.69 Å². The minimum atomic E-state index is -0.0684. The van der Waals surface area contributed by atoms with E-state index in [4.69, 9.17) is 5.26 Å². The van der Waals surface area contributed by atoms with E-state index in [9.17, 15) is 5.11 Å². The van der Waals surface area contributed by atoms with E-state index in [0.29, 0.717) is 5.56 Å². The van der Waals surface area contributed by atoms with Crippen LogP contribution in [0, 0.1) is 17.2 Å². The molecule has 1 aromatic carbocycles. The van der Waals surface area contributed by atoms with Crippen LogP contribution in [0.15, 0.2) is 24.3 Å². The van der Waals surface area contributed by atoms with Gasteiger partial charge in [-0.3, -0.25) is 0 Å². The number of benzene rings is 1. The molecule has 1 fully saturated rings. The number of rotatable bonds is 2. The van der Waals surface area contributed by atoms with Crippen LogP contribution in [0.1, 0.15) is 32.3 Å². The molecule has 1 saturated heterocycles. The van der Waals surface area contributed by atoms with Crippen LogP contribution in [-0.4, -0.2) is 23.8 Å². The molecule has 1 heterocycles. The molecule has 0 bridgehead atoms. The summed E-state index contributed by atoms with van der Waals surface area (Å²) in [4.78, 5) is 2.32. The summed E-state index contributed by atoms with van der Waals surface area (Å²) in [5.74, 6) is 0.289. The Hall–Kier alpha value is -1.53. The van der Waals surface area contributed by atoms with Crippen LogP contribution < -0.4 is 4.90 Å². The molecule has 0 saturated carbocycles. The predicted molar refractivity (Wildman–Crippen MR) is 72.4 cm³/mol. The van der Waals surface area contributed by atoms with Crippen LogP contribution in [0.3, 0.4) is 0 Å². The van der Waals surface area contributed by atoms with E-state index in [-0.39, 0.29) is 18.1 Å². The van der Waals surface area contributed by atoms with Crippen molar-refractivity contribution in [1.82, 2.24) is 0 Å². The van der Waals surface area contributed by atoms with E-state index in [1.807, 2.05) is 24.3 Å². The first-order valence-corrected chi connectivity index (χ1v) is 6.48. The fraction of sp³-hybridized carbons (Fsp3) is 0.533. The lowest BCUT2D eigenvalue weighted by molar-refractivity contribution is 0.136. The van der Waals surface area contributed by atoms with E-state index in [0.717, 1.165) is 25.1 Å². The monoisotopic (exact) mass is 244 g/mol. The number of nitriles is 1. The Kier molecular flexibility index (Phi) is 3.58. The first kappa shape index (κ1) is 12.9. The fourth-order valence-electron chi connectivity index (χ4n) is 2.88. The highest BCUT2D eigenvalue weighted by molar-refractivity contribution is 5.53. The van der Waals surface area contributed by atoms with E-state index in [2.05, 4.69) is 24.8 Å². The molecule has 1 aromatic rings. The maximum Gasteiger partial charge on any atom is 0.0992 e. The molecule has 0 aromatic heterocycles. The minimum Gasteiger partial charge on any atom is -0.396 e. The number of piperidine rings is 1. The summed E-state index contributed by atoms with van der Waals surface area (Å²) in [5.41, 5.74) is 1.70. The van der Waals surface area contributed by atoms with Crippen LogP contribution in [-0.2, 0) is 0 Å². The van der Waals surface area contributed by atoms with Crippen molar-refractivity contribution in [3.63, 3.8) is 0 Å². The van der Waals surface area contributed by atoms with Gasteiger partial charge in [0, 0.05) is 30.3 Å². The summed E-state index contributed by atoms with van der Waals surface area (Å²) >= 11 is 0. The molecular weight excluding hydrogens is 224 g/mol. The van der Waals surface area contributed by atoms with Gasteiger partial charge in [-0.1, -0.05) is 6.07 Å². The lowest BCUT2D eigenvalue weighted by atomic mass is 9.79. The van der Waals surface area contributed by atoms with E-state index >= 15 is 0 Å². The maximum absolute atomic E-state index is 9.51. The molecule has 2 rings (SSSR count). The van der Waals surface area contributed by atoms with Crippen molar-refractivity contribution in [2.75, 3.05) is 18.1 Å². The second kappa shape index (κ2) is 4.99. The maximum atomic E-state index is 9.51. The lowest BCUT2D eigenvalue weighted by Crippen LogP contribution is -2.54.